The Morgan fingerprint density at radius 1 is 1.50 bits per heavy atom. The van der Waals surface area contributed by atoms with Gasteiger partial charge in [-0.05, 0) is 25.0 Å². The highest BCUT2D eigenvalue weighted by molar-refractivity contribution is 5.55. The fourth-order valence-corrected chi connectivity index (χ4v) is 1.72. The van der Waals surface area contributed by atoms with Crippen molar-refractivity contribution in [1.82, 2.24) is 15.0 Å². The first-order valence-electron chi connectivity index (χ1n) is 5.86. The van der Waals surface area contributed by atoms with Gasteiger partial charge in [-0.15, -0.1) is 5.10 Å². The van der Waals surface area contributed by atoms with Gasteiger partial charge in [0.15, 0.2) is 0 Å². The van der Waals surface area contributed by atoms with Crippen LogP contribution < -0.4 is 0 Å². The Bertz CT molecular complexity index is 674. The van der Waals surface area contributed by atoms with Gasteiger partial charge < -0.3 is 5.11 Å². The SMILES string of the molecule is N#Cc1ccc(-n2cc(CCCO)nn2)c([N+](=O)[O-])c1. The molecule has 0 fully saturated rings. The van der Waals surface area contributed by atoms with E-state index in [9.17, 15) is 10.1 Å². The van der Waals surface area contributed by atoms with Gasteiger partial charge in [-0.2, -0.15) is 5.26 Å². The van der Waals surface area contributed by atoms with Gasteiger partial charge in [0.25, 0.3) is 5.69 Å². The molecule has 0 bridgehead atoms. The predicted octanol–water partition coefficient (Wildman–Crippen LogP) is 0.972. The number of nitro benzene ring substituents is 1. The number of aliphatic hydroxyl groups is 1. The predicted molar refractivity (Wildman–Crippen MR) is 68.1 cm³/mol. The van der Waals surface area contributed by atoms with Crippen LogP contribution in [0.5, 0.6) is 0 Å². The molecule has 0 saturated heterocycles. The van der Waals surface area contributed by atoms with Gasteiger partial charge in [-0.1, -0.05) is 5.21 Å². The molecule has 0 spiro atoms. The van der Waals surface area contributed by atoms with Crippen LogP contribution in [0.1, 0.15) is 17.7 Å². The number of benzene rings is 1. The van der Waals surface area contributed by atoms with Crippen molar-refractivity contribution in [3.63, 3.8) is 0 Å². The van der Waals surface area contributed by atoms with E-state index in [0.29, 0.717) is 18.5 Å². The minimum Gasteiger partial charge on any atom is -0.396 e. The van der Waals surface area contributed by atoms with Crippen LogP contribution in [0.15, 0.2) is 24.4 Å². The summed E-state index contributed by atoms with van der Waals surface area (Å²) in [6, 6.07) is 6.00. The van der Waals surface area contributed by atoms with Crippen LogP contribution in [0.2, 0.25) is 0 Å². The third-order valence-electron chi connectivity index (χ3n) is 2.68. The highest BCUT2D eigenvalue weighted by Gasteiger charge is 2.17. The molecular weight excluding hydrogens is 262 g/mol. The Morgan fingerprint density at radius 2 is 2.30 bits per heavy atom. The maximum absolute atomic E-state index is 11.0. The second-order valence-electron chi connectivity index (χ2n) is 4.05. The van der Waals surface area contributed by atoms with E-state index in [0.717, 1.165) is 0 Å². The van der Waals surface area contributed by atoms with Crippen LogP contribution in [-0.4, -0.2) is 31.6 Å². The summed E-state index contributed by atoms with van der Waals surface area (Å²) in [4.78, 5) is 10.5. The average Bonchev–Trinajstić information content (AvgIpc) is 2.93. The lowest BCUT2D eigenvalue weighted by molar-refractivity contribution is -0.384. The van der Waals surface area contributed by atoms with Crippen LogP contribution in [0.4, 0.5) is 5.69 Å². The van der Waals surface area contributed by atoms with Crippen molar-refractivity contribution in [3.8, 4) is 11.8 Å². The third kappa shape index (κ3) is 2.78. The summed E-state index contributed by atoms with van der Waals surface area (Å²) in [6.07, 6.45) is 2.67. The number of aliphatic hydroxyl groups excluding tert-OH is 1. The molecule has 1 heterocycles. The highest BCUT2D eigenvalue weighted by atomic mass is 16.6. The third-order valence-corrected chi connectivity index (χ3v) is 2.68. The molecule has 8 heteroatoms. The molecule has 0 saturated carbocycles. The van der Waals surface area contributed by atoms with Crippen LogP contribution in [0.3, 0.4) is 0 Å². The van der Waals surface area contributed by atoms with Crippen molar-refractivity contribution in [1.29, 1.82) is 5.26 Å². The maximum Gasteiger partial charge on any atom is 0.296 e. The Kier molecular flexibility index (Phi) is 4.02. The monoisotopic (exact) mass is 273 g/mol. The van der Waals surface area contributed by atoms with Crippen molar-refractivity contribution >= 4 is 5.69 Å². The lowest BCUT2D eigenvalue weighted by Gasteiger charge is -2.01. The molecule has 102 valence electrons. The Balaban J connectivity index is 2.39. The molecule has 0 amide bonds. The normalized spacial score (nSPS) is 10.2. The largest absolute Gasteiger partial charge is 0.396 e. The van der Waals surface area contributed by atoms with Crippen molar-refractivity contribution in [2.45, 2.75) is 12.8 Å². The summed E-state index contributed by atoms with van der Waals surface area (Å²) >= 11 is 0. The molecule has 1 N–H and O–H groups in total. The lowest BCUT2D eigenvalue weighted by Crippen LogP contribution is -2.01. The van der Waals surface area contributed by atoms with Gasteiger partial charge >= 0.3 is 0 Å². The van der Waals surface area contributed by atoms with Gasteiger partial charge in [0, 0.05) is 12.7 Å². The zero-order chi connectivity index (χ0) is 14.5. The fourth-order valence-electron chi connectivity index (χ4n) is 1.72. The van der Waals surface area contributed by atoms with E-state index in [1.165, 1.54) is 22.9 Å². The van der Waals surface area contributed by atoms with E-state index >= 15 is 0 Å². The second kappa shape index (κ2) is 5.90. The average molecular weight is 273 g/mol. The van der Waals surface area contributed by atoms with Crippen LogP contribution in [-0.2, 0) is 6.42 Å². The lowest BCUT2D eigenvalue weighted by atomic mass is 10.2. The van der Waals surface area contributed by atoms with E-state index in [-0.39, 0.29) is 23.5 Å². The zero-order valence-corrected chi connectivity index (χ0v) is 10.4. The van der Waals surface area contributed by atoms with Gasteiger partial charge in [-0.25, -0.2) is 4.68 Å². The van der Waals surface area contributed by atoms with E-state index in [1.807, 2.05) is 6.07 Å². The molecule has 8 nitrogen and oxygen atoms in total. The zero-order valence-electron chi connectivity index (χ0n) is 10.4. The van der Waals surface area contributed by atoms with E-state index in [1.54, 1.807) is 6.20 Å². The molecule has 0 unspecified atom stereocenters. The summed E-state index contributed by atoms with van der Waals surface area (Å²) in [5.41, 5.74) is 0.887. The molecule has 2 rings (SSSR count). The molecule has 20 heavy (non-hydrogen) atoms. The van der Waals surface area contributed by atoms with Crippen molar-refractivity contribution in [3.05, 3.63) is 45.8 Å². The molecule has 1 aromatic heterocycles. The molecule has 0 radical (unpaired) electrons. The minimum atomic E-state index is -0.564. The van der Waals surface area contributed by atoms with Crippen molar-refractivity contribution in [2.75, 3.05) is 6.61 Å². The number of aryl methyl sites for hydroxylation is 1. The standard InChI is InChI=1S/C12H11N5O3/c13-7-9-3-4-11(12(6-9)17(19)20)16-8-10(14-15-16)2-1-5-18/h3-4,6,8,18H,1-2,5H2. The van der Waals surface area contributed by atoms with Gasteiger partial charge in [0.2, 0.25) is 0 Å². The van der Waals surface area contributed by atoms with E-state index < -0.39 is 4.92 Å². The summed E-state index contributed by atoms with van der Waals surface area (Å²) in [5.74, 6) is 0. The number of rotatable bonds is 5. The number of nitrogens with zero attached hydrogens (tertiary/aromatic N) is 5. The van der Waals surface area contributed by atoms with E-state index in [2.05, 4.69) is 10.3 Å². The quantitative estimate of drug-likeness (QED) is 0.640. The first-order valence-corrected chi connectivity index (χ1v) is 5.86. The number of aromatic nitrogens is 3. The molecule has 0 aliphatic rings. The van der Waals surface area contributed by atoms with Crippen molar-refractivity contribution in [2.24, 2.45) is 0 Å². The topological polar surface area (TPSA) is 118 Å². The fraction of sp³-hybridized carbons (Fsp3) is 0.250. The molecule has 1 aromatic carbocycles. The van der Waals surface area contributed by atoms with Crippen molar-refractivity contribution < 1.29 is 10.0 Å². The smallest absolute Gasteiger partial charge is 0.296 e. The van der Waals surface area contributed by atoms with E-state index in [4.69, 9.17) is 10.4 Å². The highest BCUT2D eigenvalue weighted by Crippen LogP contribution is 2.23. The summed E-state index contributed by atoms with van der Waals surface area (Å²) < 4.78 is 1.30. The number of hydrogen-bond acceptors (Lipinski definition) is 6. The molecule has 0 aliphatic heterocycles. The molecule has 0 aliphatic carbocycles. The minimum absolute atomic E-state index is 0.0455. The summed E-state index contributed by atoms with van der Waals surface area (Å²) in [7, 11) is 0. The van der Waals surface area contributed by atoms with Gasteiger partial charge in [0.05, 0.1) is 28.4 Å². The van der Waals surface area contributed by atoms with Gasteiger partial charge in [0.1, 0.15) is 5.69 Å². The van der Waals surface area contributed by atoms with Crippen LogP contribution in [0.25, 0.3) is 5.69 Å². The second-order valence-corrected chi connectivity index (χ2v) is 4.05. The first-order chi connectivity index (χ1) is 9.65. The van der Waals surface area contributed by atoms with Crippen LogP contribution >= 0.6 is 0 Å². The number of nitriles is 1. The first kappa shape index (κ1) is 13.6. The molecular formula is C12H11N5O3. The Morgan fingerprint density at radius 3 is 2.95 bits per heavy atom. The maximum atomic E-state index is 11.0. The number of hydrogen-bond donors (Lipinski definition) is 1. The van der Waals surface area contributed by atoms with Crippen LogP contribution in [0, 0.1) is 21.4 Å². The Hall–Kier alpha value is -2.79. The molecule has 2 aromatic rings. The number of nitro groups is 1. The summed E-state index contributed by atoms with van der Waals surface area (Å²) in [5, 5.41) is 36.3. The van der Waals surface area contributed by atoms with Gasteiger partial charge in [-0.3, -0.25) is 10.1 Å². The summed E-state index contributed by atoms with van der Waals surface area (Å²) in [6.45, 7) is 0.0455. The molecule has 0 atom stereocenters. The Labute approximate surface area is 114 Å².